The molecule has 0 aliphatic carbocycles. The quantitative estimate of drug-likeness (QED) is 0.735. The summed E-state index contributed by atoms with van der Waals surface area (Å²) in [6.45, 7) is 5.57. The van der Waals surface area contributed by atoms with Crippen molar-refractivity contribution in [3.8, 4) is 0 Å². The molecule has 0 bridgehead atoms. The lowest BCUT2D eigenvalue weighted by Crippen LogP contribution is -2.23. The number of hydrogen-bond acceptors (Lipinski definition) is 1. The van der Waals surface area contributed by atoms with Crippen molar-refractivity contribution in [1.82, 2.24) is 5.32 Å². The molecule has 1 N–H and O–H groups in total. The van der Waals surface area contributed by atoms with Crippen molar-refractivity contribution < 1.29 is 4.39 Å². The largest absolute Gasteiger partial charge is 0.319 e. The van der Waals surface area contributed by atoms with Crippen LogP contribution in [-0.4, -0.2) is 13.6 Å². The zero-order valence-corrected chi connectivity index (χ0v) is 11.9. The Morgan fingerprint density at radius 3 is 2.17 bits per heavy atom. The molecule has 0 saturated heterocycles. The lowest BCUT2D eigenvalue weighted by atomic mass is 9.87. The topological polar surface area (TPSA) is 12.0 Å². The van der Waals surface area contributed by atoms with E-state index >= 15 is 0 Å². The summed E-state index contributed by atoms with van der Waals surface area (Å²) >= 11 is 0. The normalized spacial score (nSPS) is 12.9. The molecule has 0 saturated carbocycles. The standard InChI is InChI=1S/C16H26FN/c1-4-13(5-2)10-15(12-18-3)11-14-6-8-16(17)9-7-14/h6-9,13,15,18H,4-5,10-12H2,1-3H3. The first-order chi connectivity index (χ1) is 8.69. The van der Waals surface area contributed by atoms with Crippen LogP contribution < -0.4 is 5.32 Å². The maximum absolute atomic E-state index is 12.9. The summed E-state index contributed by atoms with van der Waals surface area (Å²) in [6.07, 6.45) is 4.79. The number of nitrogens with one attached hydrogen (secondary N) is 1. The highest BCUT2D eigenvalue weighted by molar-refractivity contribution is 5.16. The minimum absolute atomic E-state index is 0.149. The summed E-state index contributed by atoms with van der Waals surface area (Å²) in [5, 5.41) is 3.28. The smallest absolute Gasteiger partial charge is 0.123 e. The minimum Gasteiger partial charge on any atom is -0.319 e. The Morgan fingerprint density at radius 1 is 1.06 bits per heavy atom. The van der Waals surface area contributed by atoms with Gasteiger partial charge in [0.1, 0.15) is 5.82 Å². The molecule has 1 rings (SSSR count). The van der Waals surface area contributed by atoms with Crippen LogP contribution >= 0.6 is 0 Å². The van der Waals surface area contributed by atoms with Gasteiger partial charge < -0.3 is 5.32 Å². The van der Waals surface area contributed by atoms with Crippen LogP contribution in [0.3, 0.4) is 0 Å². The molecular weight excluding hydrogens is 225 g/mol. The number of halogens is 1. The Bertz CT molecular complexity index is 316. The molecule has 0 aliphatic rings. The van der Waals surface area contributed by atoms with Crippen molar-refractivity contribution in [2.45, 2.75) is 39.5 Å². The summed E-state index contributed by atoms with van der Waals surface area (Å²) in [7, 11) is 2.00. The Labute approximate surface area is 111 Å². The van der Waals surface area contributed by atoms with E-state index in [1.807, 2.05) is 19.2 Å². The molecule has 1 atom stereocenters. The molecule has 0 fully saturated rings. The summed E-state index contributed by atoms with van der Waals surface area (Å²) < 4.78 is 12.9. The van der Waals surface area contributed by atoms with Crippen LogP contribution in [0.2, 0.25) is 0 Å². The van der Waals surface area contributed by atoms with Gasteiger partial charge in [-0.05, 0) is 56.0 Å². The van der Waals surface area contributed by atoms with Gasteiger partial charge in [0.25, 0.3) is 0 Å². The first-order valence-corrected chi connectivity index (χ1v) is 7.08. The first-order valence-electron chi connectivity index (χ1n) is 7.08. The zero-order valence-electron chi connectivity index (χ0n) is 11.9. The fourth-order valence-corrected chi connectivity index (χ4v) is 2.57. The summed E-state index contributed by atoms with van der Waals surface area (Å²) in [6, 6.07) is 6.93. The van der Waals surface area contributed by atoms with Crippen molar-refractivity contribution in [3.05, 3.63) is 35.6 Å². The molecule has 0 aromatic heterocycles. The van der Waals surface area contributed by atoms with E-state index in [0.29, 0.717) is 5.92 Å². The average Bonchev–Trinajstić information content (AvgIpc) is 2.38. The molecule has 102 valence electrons. The molecule has 0 radical (unpaired) electrons. The molecular formula is C16H26FN. The van der Waals surface area contributed by atoms with Crippen LogP contribution in [0, 0.1) is 17.7 Å². The van der Waals surface area contributed by atoms with Crippen LogP contribution in [0.15, 0.2) is 24.3 Å². The lowest BCUT2D eigenvalue weighted by Gasteiger charge is -2.22. The Morgan fingerprint density at radius 2 is 1.67 bits per heavy atom. The third-order valence-electron chi connectivity index (χ3n) is 3.75. The Hall–Kier alpha value is -0.890. The fourth-order valence-electron chi connectivity index (χ4n) is 2.57. The van der Waals surface area contributed by atoms with E-state index in [0.717, 1.165) is 18.9 Å². The fraction of sp³-hybridized carbons (Fsp3) is 0.625. The van der Waals surface area contributed by atoms with E-state index in [1.165, 1.54) is 24.8 Å². The van der Waals surface area contributed by atoms with Crippen LogP contribution in [-0.2, 0) is 6.42 Å². The average molecular weight is 251 g/mol. The van der Waals surface area contributed by atoms with Gasteiger partial charge in [-0.25, -0.2) is 4.39 Å². The van der Waals surface area contributed by atoms with E-state index in [2.05, 4.69) is 19.2 Å². The summed E-state index contributed by atoms with van der Waals surface area (Å²) in [5.74, 6) is 1.30. The molecule has 1 unspecified atom stereocenters. The zero-order chi connectivity index (χ0) is 13.4. The van der Waals surface area contributed by atoms with Crippen molar-refractivity contribution in [1.29, 1.82) is 0 Å². The Kier molecular flexibility index (Phi) is 6.96. The van der Waals surface area contributed by atoms with Crippen molar-refractivity contribution in [3.63, 3.8) is 0 Å². The van der Waals surface area contributed by atoms with E-state index in [1.54, 1.807) is 12.1 Å². The molecule has 18 heavy (non-hydrogen) atoms. The maximum Gasteiger partial charge on any atom is 0.123 e. The SMILES string of the molecule is CCC(CC)CC(CNC)Cc1ccc(F)cc1. The molecule has 0 heterocycles. The van der Waals surface area contributed by atoms with E-state index in [-0.39, 0.29) is 5.82 Å². The van der Waals surface area contributed by atoms with Crippen molar-refractivity contribution in [2.24, 2.45) is 11.8 Å². The van der Waals surface area contributed by atoms with E-state index in [4.69, 9.17) is 0 Å². The second kappa shape index (κ2) is 8.25. The predicted molar refractivity (Wildman–Crippen MR) is 76.2 cm³/mol. The van der Waals surface area contributed by atoms with Gasteiger partial charge in [-0.15, -0.1) is 0 Å². The van der Waals surface area contributed by atoms with Gasteiger partial charge in [0.2, 0.25) is 0 Å². The van der Waals surface area contributed by atoms with Gasteiger partial charge in [0, 0.05) is 0 Å². The van der Waals surface area contributed by atoms with Gasteiger partial charge in [-0.2, -0.15) is 0 Å². The lowest BCUT2D eigenvalue weighted by molar-refractivity contribution is 0.344. The summed E-state index contributed by atoms with van der Waals surface area (Å²) in [5.41, 5.74) is 1.24. The third-order valence-corrected chi connectivity index (χ3v) is 3.75. The van der Waals surface area contributed by atoms with Gasteiger partial charge in [0.15, 0.2) is 0 Å². The highest BCUT2D eigenvalue weighted by Gasteiger charge is 2.14. The van der Waals surface area contributed by atoms with Crippen LogP contribution in [0.4, 0.5) is 4.39 Å². The molecule has 0 spiro atoms. The van der Waals surface area contributed by atoms with E-state index in [9.17, 15) is 4.39 Å². The third kappa shape index (κ3) is 5.18. The number of rotatable bonds is 8. The molecule has 1 aromatic rings. The highest BCUT2D eigenvalue weighted by atomic mass is 19.1. The van der Waals surface area contributed by atoms with Crippen molar-refractivity contribution in [2.75, 3.05) is 13.6 Å². The van der Waals surface area contributed by atoms with Gasteiger partial charge in [0.05, 0.1) is 0 Å². The predicted octanol–water partition coefficient (Wildman–Crippen LogP) is 4.03. The monoisotopic (exact) mass is 251 g/mol. The van der Waals surface area contributed by atoms with Crippen molar-refractivity contribution >= 4 is 0 Å². The first kappa shape index (κ1) is 15.2. The molecule has 2 heteroatoms. The van der Waals surface area contributed by atoms with Gasteiger partial charge in [-0.1, -0.05) is 38.8 Å². The molecule has 1 nitrogen and oxygen atoms in total. The molecule has 1 aromatic carbocycles. The Balaban J connectivity index is 2.58. The molecule has 0 amide bonds. The molecule has 0 aliphatic heterocycles. The van der Waals surface area contributed by atoms with E-state index < -0.39 is 0 Å². The van der Waals surface area contributed by atoms with Gasteiger partial charge >= 0.3 is 0 Å². The second-order valence-corrected chi connectivity index (χ2v) is 5.17. The van der Waals surface area contributed by atoms with Crippen LogP contribution in [0.5, 0.6) is 0 Å². The van der Waals surface area contributed by atoms with Crippen LogP contribution in [0.1, 0.15) is 38.7 Å². The van der Waals surface area contributed by atoms with Gasteiger partial charge in [-0.3, -0.25) is 0 Å². The van der Waals surface area contributed by atoms with Crippen LogP contribution in [0.25, 0.3) is 0 Å². The number of benzene rings is 1. The number of hydrogen-bond donors (Lipinski definition) is 1. The highest BCUT2D eigenvalue weighted by Crippen LogP contribution is 2.22. The maximum atomic E-state index is 12.9. The second-order valence-electron chi connectivity index (χ2n) is 5.17. The minimum atomic E-state index is -0.149. The summed E-state index contributed by atoms with van der Waals surface area (Å²) in [4.78, 5) is 0.